The highest BCUT2D eigenvalue weighted by Crippen LogP contribution is 2.06. The van der Waals surface area contributed by atoms with Gasteiger partial charge in [0.2, 0.25) is 0 Å². The second kappa shape index (κ2) is 10.2. The summed E-state index contributed by atoms with van der Waals surface area (Å²) >= 11 is 0. The first kappa shape index (κ1) is 14.7. The number of carboxylic acids is 2. The van der Waals surface area contributed by atoms with E-state index in [0.717, 1.165) is 32.1 Å². The lowest BCUT2D eigenvalue weighted by molar-refractivity contribution is -0.138. The van der Waals surface area contributed by atoms with Crippen molar-refractivity contribution in [2.45, 2.75) is 51.4 Å². The molecule has 0 amide bonds. The van der Waals surface area contributed by atoms with E-state index in [9.17, 15) is 9.59 Å². The van der Waals surface area contributed by atoms with Gasteiger partial charge < -0.3 is 10.2 Å². The largest absolute Gasteiger partial charge is 0.481 e. The van der Waals surface area contributed by atoms with Gasteiger partial charge in [-0.1, -0.05) is 25.0 Å². The molecule has 0 aliphatic carbocycles. The van der Waals surface area contributed by atoms with Crippen molar-refractivity contribution in [3.63, 3.8) is 0 Å². The fraction of sp³-hybridized carbons (Fsp3) is 0.667. The van der Waals surface area contributed by atoms with Crippen molar-refractivity contribution < 1.29 is 19.8 Å². The van der Waals surface area contributed by atoms with E-state index in [1.807, 2.05) is 12.2 Å². The van der Waals surface area contributed by atoms with Gasteiger partial charge in [-0.15, -0.1) is 0 Å². The molecule has 92 valence electrons. The molecule has 0 aliphatic rings. The van der Waals surface area contributed by atoms with Crippen molar-refractivity contribution >= 4 is 11.9 Å². The molecule has 0 radical (unpaired) electrons. The van der Waals surface area contributed by atoms with Gasteiger partial charge >= 0.3 is 11.9 Å². The Hall–Kier alpha value is -1.32. The van der Waals surface area contributed by atoms with Gasteiger partial charge in [0.25, 0.3) is 0 Å². The summed E-state index contributed by atoms with van der Waals surface area (Å²) in [5.74, 6) is -1.49. The second-order valence-corrected chi connectivity index (χ2v) is 3.75. The Kier molecular flexibility index (Phi) is 9.36. The van der Waals surface area contributed by atoms with E-state index in [1.54, 1.807) is 0 Å². The molecule has 4 heteroatoms. The SMILES string of the molecule is O=C(O)CC/C=C\CCCCCCC(=O)O. The Bertz CT molecular complexity index is 233. The van der Waals surface area contributed by atoms with E-state index in [4.69, 9.17) is 10.2 Å². The van der Waals surface area contributed by atoms with Gasteiger partial charge in [0.05, 0.1) is 0 Å². The molecule has 0 aromatic heterocycles. The van der Waals surface area contributed by atoms with Crippen molar-refractivity contribution in [1.29, 1.82) is 0 Å². The number of hydrogen-bond acceptors (Lipinski definition) is 2. The average Bonchev–Trinajstić information content (AvgIpc) is 2.20. The third-order valence-electron chi connectivity index (χ3n) is 2.20. The zero-order chi connectivity index (χ0) is 12.2. The predicted molar refractivity (Wildman–Crippen MR) is 61.3 cm³/mol. The third-order valence-corrected chi connectivity index (χ3v) is 2.20. The van der Waals surface area contributed by atoms with Crippen LogP contribution in [0.4, 0.5) is 0 Å². The highest BCUT2D eigenvalue weighted by molar-refractivity contribution is 5.66. The summed E-state index contributed by atoms with van der Waals surface area (Å²) in [5.41, 5.74) is 0. The van der Waals surface area contributed by atoms with Crippen LogP contribution in [0.3, 0.4) is 0 Å². The first-order chi connectivity index (χ1) is 7.63. The third kappa shape index (κ3) is 12.7. The molecule has 0 aliphatic heterocycles. The molecule has 0 spiro atoms. The summed E-state index contributed by atoms with van der Waals surface area (Å²) in [7, 11) is 0. The zero-order valence-electron chi connectivity index (χ0n) is 9.52. The summed E-state index contributed by atoms with van der Waals surface area (Å²) in [6.45, 7) is 0. The number of hydrogen-bond donors (Lipinski definition) is 2. The molecule has 0 bridgehead atoms. The number of unbranched alkanes of at least 4 members (excludes halogenated alkanes) is 4. The van der Waals surface area contributed by atoms with Gasteiger partial charge in [0.1, 0.15) is 0 Å². The number of allylic oxidation sites excluding steroid dienone is 2. The molecule has 0 rings (SSSR count). The smallest absolute Gasteiger partial charge is 0.303 e. The summed E-state index contributed by atoms with van der Waals surface area (Å²) in [4.78, 5) is 20.4. The van der Waals surface area contributed by atoms with Crippen molar-refractivity contribution in [3.8, 4) is 0 Å². The molecule has 16 heavy (non-hydrogen) atoms. The maximum absolute atomic E-state index is 10.2. The van der Waals surface area contributed by atoms with Crippen molar-refractivity contribution in [2.24, 2.45) is 0 Å². The minimum atomic E-state index is -0.765. The molecule has 2 N–H and O–H groups in total. The van der Waals surface area contributed by atoms with Crippen molar-refractivity contribution in [2.75, 3.05) is 0 Å². The molecule has 0 heterocycles. The molecule has 0 atom stereocenters. The maximum atomic E-state index is 10.2. The lowest BCUT2D eigenvalue weighted by atomic mass is 10.1. The summed E-state index contributed by atoms with van der Waals surface area (Å²) in [6, 6.07) is 0. The first-order valence-electron chi connectivity index (χ1n) is 5.71. The standard InChI is InChI=1S/C12H20O4/c13-11(14)9-7-5-3-1-2-4-6-8-10-12(15)16/h3,5H,1-2,4,6-10H2,(H,13,14)(H,15,16)/b5-3-. The van der Waals surface area contributed by atoms with Crippen LogP contribution in [0, 0.1) is 0 Å². The molecule has 4 nitrogen and oxygen atoms in total. The average molecular weight is 228 g/mol. The summed E-state index contributed by atoms with van der Waals surface area (Å²) < 4.78 is 0. The monoisotopic (exact) mass is 228 g/mol. The van der Waals surface area contributed by atoms with Gasteiger partial charge in [-0.25, -0.2) is 0 Å². The van der Waals surface area contributed by atoms with Gasteiger partial charge in [0, 0.05) is 12.8 Å². The molecule has 0 aromatic carbocycles. The van der Waals surface area contributed by atoms with Crippen LogP contribution in [0.1, 0.15) is 51.4 Å². The molecular weight excluding hydrogens is 208 g/mol. The Balaban J connectivity index is 3.14. The highest BCUT2D eigenvalue weighted by atomic mass is 16.4. The Morgan fingerprint density at radius 2 is 1.31 bits per heavy atom. The number of carboxylic acid groups (broad SMARTS) is 2. The predicted octanol–water partition coefficient (Wildman–Crippen LogP) is 2.83. The Morgan fingerprint density at radius 1 is 0.750 bits per heavy atom. The van der Waals surface area contributed by atoms with Gasteiger partial charge in [0.15, 0.2) is 0 Å². The van der Waals surface area contributed by atoms with Gasteiger partial charge in [-0.3, -0.25) is 9.59 Å². The minimum absolute atomic E-state index is 0.190. The number of carbonyl (C=O) groups is 2. The number of aliphatic carboxylic acids is 2. The van der Waals surface area contributed by atoms with E-state index in [2.05, 4.69) is 0 Å². The van der Waals surface area contributed by atoms with E-state index in [0.29, 0.717) is 6.42 Å². The molecular formula is C12H20O4. The quantitative estimate of drug-likeness (QED) is 0.445. The van der Waals surface area contributed by atoms with E-state index in [1.165, 1.54) is 0 Å². The Labute approximate surface area is 96.0 Å². The van der Waals surface area contributed by atoms with Crippen LogP contribution in [-0.4, -0.2) is 22.2 Å². The van der Waals surface area contributed by atoms with Crippen LogP contribution in [0.5, 0.6) is 0 Å². The fourth-order valence-electron chi connectivity index (χ4n) is 1.33. The van der Waals surface area contributed by atoms with Crippen LogP contribution in [0.15, 0.2) is 12.2 Å². The van der Waals surface area contributed by atoms with E-state index < -0.39 is 11.9 Å². The normalized spacial score (nSPS) is 10.8. The first-order valence-corrected chi connectivity index (χ1v) is 5.71. The Morgan fingerprint density at radius 3 is 1.94 bits per heavy atom. The zero-order valence-corrected chi connectivity index (χ0v) is 9.52. The van der Waals surface area contributed by atoms with Crippen LogP contribution in [0.25, 0.3) is 0 Å². The lowest BCUT2D eigenvalue weighted by Crippen LogP contribution is -1.93. The van der Waals surface area contributed by atoms with Gasteiger partial charge in [-0.2, -0.15) is 0 Å². The number of rotatable bonds is 10. The summed E-state index contributed by atoms with van der Waals surface area (Å²) in [5, 5.41) is 16.8. The fourth-order valence-corrected chi connectivity index (χ4v) is 1.33. The molecule has 0 fully saturated rings. The van der Waals surface area contributed by atoms with Crippen LogP contribution < -0.4 is 0 Å². The van der Waals surface area contributed by atoms with Crippen LogP contribution in [-0.2, 0) is 9.59 Å². The highest BCUT2D eigenvalue weighted by Gasteiger charge is 1.95. The minimum Gasteiger partial charge on any atom is -0.481 e. The van der Waals surface area contributed by atoms with Crippen molar-refractivity contribution in [3.05, 3.63) is 12.2 Å². The lowest BCUT2D eigenvalue weighted by Gasteiger charge is -1.96. The van der Waals surface area contributed by atoms with Gasteiger partial charge in [-0.05, 0) is 25.7 Å². The second-order valence-electron chi connectivity index (χ2n) is 3.75. The molecule has 0 saturated heterocycles. The van der Waals surface area contributed by atoms with Crippen molar-refractivity contribution in [1.82, 2.24) is 0 Å². The topological polar surface area (TPSA) is 74.6 Å². The van der Waals surface area contributed by atoms with E-state index in [-0.39, 0.29) is 12.8 Å². The molecule has 0 aromatic rings. The van der Waals surface area contributed by atoms with E-state index >= 15 is 0 Å². The summed E-state index contributed by atoms with van der Waals surface area (Å²) in [6.07, 6.45) is 9.67. The molecule has 0 unspecified atom stereocenters. The maximum Gasteiger partial charge on any atom is 0.303 e. The van der Waals surface area contributed by atoms with Crippen LogP contribution >= 0.6 is 0 Å². The van der Waals surface area contributed by atoms with Crippen LogP contribution in [0.2, 0.25) is 0 Å². The molecule has 0 saturated carbocycles.